The second kappa shape index (κ2) is 4.73. The molecule has 0 saturated carbocycles. The zero-order valence-electron chi connectivity index (χ0n) is 7.81. The molecule has 2 atom stereocenters. The van der Waals surface area contributed by atoms with Crippen LogP contribution in [0.15, 0.2) is 0 Å². The summed E-state index contributed by atoms with van der Waals surface area (Å²) in [6, 6.07) is 1.79. The Balaban J connectivity index is 2.24. The Hall–Kier alpha value is -0.640. The maximum atomic E-state index is 11.1. The number of hydrogen-bond acceptors (Lipinski definition) is 5. The molecule has 2 N–H and O–H groups in total. The van der Waals surface area contributed by atoms with E-state index >= 15 is 0 Å². The standard InChI is InChI=1S/C8H14N2O3S/c9-3-1-8(11)5-10-7-2-4-14(12,13)6-7/h7-8,10-11H,1-2,4-6H2. The van der Waals surface area contributed by atoms with Gasteiger partial charge in [-0.05, 0) is 6.42 Å². The van der Waals surface area contributed by atoms with Crippen LogP contribution in [0.1, 0.15) is 12.8 Å². The van der Waals surface area contributed by atoms with Crippen LogP contribution in [0.25, 0.3) is 0 Å². The quantitative estimate of drug-likeness (QED) is 0.634. The molecule has 0 spiro atoms. The summed E-state index contributed by atoms with van der Waals surface area (Å²) in [6.45, 7) is 0.285. The number of nitrogens with zero attached hydrogens (tertiary/aromatic N) is 1. The van der Waals surface area contributed by atoms with E-state index in [2.05, 4.69) is 5.32 Å². The Morgan fingerprint density at radius 1 is 1.64 bits per heavy atom. The Morgan fingerprint density at radius 2 is 2.36 bits per heavy atom. The molecule has 1 heterocycles. The van der Waals surface area contributed by atoms with Gasteiger partial charge in [-0.15, -0.1) is 0 Å². The average Bonchev–Trinajstić information content (AvgIpc) is 2.43. The van der Waals surface area contributed by atoms with Crippen LogP contribution in [0.4, 0.5) is 0 Å². The number of sulfone groups is 1. The van der Waals surface area contributed by atoms with Gasteiger partial charge in [0.25, 0.3) is 0 Å². The van der Waals surface area contributed by atoms with Gasteiger partial charge in [0.2, 0.25) is 0 Å². The molecule has 0 radical (unpaired) electrons. The van der Waals surface area contributed by atoms with Gasteiger partial charge in [0, 0.05) is 12.6 Å². The summed E-state index contributed by atoms with van der Waals surface area (Å²) in [5.74, 6) is 0.366. The lowest BCUT2D eigenvalue weighted by molar-refractivity contribution is 0.173. The van der Waals surface area contributed by atoms with Gasteiger partial charge in [-0.1, -0.05) is 0 Å². The third-order valence-electron chi connectivity index (χ3n) is 2.20. The van der Waals surface area contributed by atoms with E-state index in [4.69, 9.17) is 5.26 Å². The summed E-state index contributed by atoms with van der Waals surface area (Å²) in [5.41, 5.74) is 0. The molecule has 1 aliphatic rings. The molecule has 2 unspecified atom stereocenters. The van der Waals surface area contributed by atoms with Crippen molar-refractivity contribution in [3.8, 4) is 6.07 Å². The highest BCUT2D eigenvalue weighted by Crippen LogP contribution is 2.11. The fraction of sp³-hybridized carbons (Fsp3) is 0.875. The average molecular weight is 218 g/mol. The van der Waals surface area contributed by atoms with Crippen molar-refractivity contribution in [1.29, 1.82) is 5.26 Å². The van der Waals surface area contributed by atoms with Crippen molar-refractivity contribution in [3.05, 3.63) is 0 Å². The summed E-state index contributed by atoms with van der Waals surface area (Å²) in [4.78, 5) is 0. The predicted octanol–water partition coefficient (Wildman–Crippen LogP) is -0.962. The van der Waals surface area contributed by atoms with Crippen LogP contribution >= 0.6 is 0 Å². The van der Waals surface area contributed by atoms with Crippen molar-refractivity contribution in [2.75, 3.05) is 18.1 Å². The number of nitrogens with one attached hydrogen (secondary N) is 1. The zero-order valence-corrected chi connectivity index (χ0v) is 8.63. The highest BCUT2D eigenvalue weighted by Gasteiger charge is 2.27. The van der Waals surface area contributed by atoms with E-state index in [-0.39, 0.29) is 30.5 Å². The van der Waals surface area contributed by atoms with Crippen molar-refractivity contribution >= 4 is 9.84 Å². The number of aliphatic hydroxyl groups excluding tert-OH is 1. The van der Waals surface area contributed by atoms with Gasteiger partial charge in [0.15, 0.2) is 9.84 Å². The van der Waals surface area contributed by atoms with E-state index in [0.717, 1.165) is 0 Å². The summed E-state index contributed by atoms with van der Waals surface area (Å²) in [6.07, 6.45) is -0.0306. The first-order valence-electron chi connectivity index (χ1n) is 4.52. The minimum atomic E-state index is -2.86. The second-order valence-corrected chi connectivity index (χ2v) is 5.75. The van der Waals surface area contributed by atoms with Gasteiger partial charge in [-0.3, -0.25) is 0 Å². The fourth-order valence-electron chi connectivity index (χ4n) is 1.44. The summed E-state index contributed by atoms with van der Waals surface area (Å²) in [7, 11) is -2.86. The summed E-state index contributed by atoms with van der Waals surface area (Å²) in [5, 5.41) is 20.4. The van der Waals surface area contributed by atoms with E-state index in [1.165, 1.54) is 0 Å². The summed E-state index contributed by atoms with van der Waals surface area (Å²) >= 11 is 0. The normalized spacial score (nSPS) is 27.0. The molecule has 1 aliphatic heterocycles. The molecule has 1 fully saturated rings. The molecule has 0 aliphatic carbocycles. The van der Waals surface area contributed by atoms with Crippen molar-refractivity contribution in [1.82, 2.24) is 5.32 Å². The molecule has 1 rings (SSSR count). The fourth-order valence-corrected chi connectivity index (χ4v) is 3.14. The third-order valence-corrected chi connectivity index (χ3v) is 3.97. The third kappa shape index (κ3) is 3.62. The van der Waals surface area contributed by atoms with Gasteiger partial charge in [0.1, 0.15) is 0 Å². The van der Waals surface area contributed by atoms with E-state index in [9.17, 15) is 13.5 Å². The Morgan fingerprint density at radius 3 is 2.86 bits per heavy atom. The Labute approximate surface area is 83.7 Å². The summed E-state index contributed by atoms with van der Waals surface area (Å²) < 4.78 is 22.1. The Bertz CT molecular complexity index is 320. The van der Waals surface area contributed by atoms with Crippen molar-refractivity contribution < 1.29 is 13.5 Å². The molecule has 14 heavy (non-hydrogen) atoms. The van der Waals surface area contributed by atoms with Gasteiger partial charge < -0.3 is 10.4 Å². The molecular weight excluding hydrogens is 204 g/mol. The topological polar surface area (TPSA) is 90.2 Å². The molecule has 80 valence electrons. The number of nitriles is 1. The van der Waals surface area contributed by atoms with Gasteiger partial charge in [-0.25, -0.2) is 8.42 Å². The van der Waals surface area contributed by atoms with Gasteiger partial charge in [-0.2, -0.15) is 5.26 Å². The van der Waals surface area contributed by atoms with E-state index in [0.29, 0.717) is 6.42 Å². The highest BCUT2D eigenvalue weighted by molar-refractivity contribution is 7.91. The molecular formula is C8H14N2O3S. The second-order valence-electron chi connectivity index (χ2n) is 3.52. The first kappa shape index (κ1) is 11.4. The van der Waals surface area contributed by atoms with Crippen LogP contribution in [0.3, 0.4) is 0 Å². The number of rotatable bonds is 4. The van der Waals surface area contributed by atoms with Crippen molar-refractivity contribution in [3.63, 3.8) is 0 Å². The molecule has 0 aromatic rings. The Kier molecular flexibility index (Phi) is 3.86. The smallest absolute Gasteiger partial charge is 0.151 e. The minimum absolute atomic E-state index is 0.0617. The molecule has 1 saturated heterocycles. The first-order valence-corrected chi connectivity index (χ1v) is 6.34. The largest absolute Gasteiger partial charge is 0.391 e. The van der Waals surface area contributed by atoms with Gasteiger partial charge >= 0.3 is 0 Å². The van der Waals surface area contributed by atoms with Crippen LogP contribution in [-0.4, -0.2) is 43.7 Å². The van der Waals surface area contributed by atoms with Crippen LogP contribution in [0.2, 0.25) is 0 Å². The molecule has 0 aromatic heterocycles. The van der Waals surface area contributed by atoms with Crippen LogP contribution < -0.4 is 5.32 Å². The molecule has 6 heteroatoms. The van der Waals surface area contributed by atoms with E-state index in [1.807, 2.05) is 6.07 Å². The molecule has 5 nitrogen and oxygen atoms in total. The lowest BCUT2D eigenvalue weighted by Crippen LogP contribution is -2.36. The molecule has 0 aromatic carbocycles. The highest BCUT2D eigenvalue weighted by atomic mass is 32.2. The predicted molar refractivity (Wildman–Crippen MR) is 51.3 cm³/mol. The van der Waals surface area contributed by atoms with E-state index < -0.39 is 15.9 Å². The van der Waals surface area contributed by atoms with Crippen LogP contribution in [0, 0.1) is 11.3 Å². The van der Waals surface area contributed by atoms with Crippen molar-refractivity contribution in [2.45, 2.75) is 25.0 Å². The van der Waals surface area contributed by atoms with Gasteiger partial charge in [0.05, 0.1) is 30.1 Å². The van der Waals surface area contributed by atoms with Crippen molar-refractivity contribution in [2.24, 2.45) is 0 Å². The van der Waals surface area contributed by atoms with Crippen LogP contribution in [0.5, 0.6) is 0 Å². The number of hydrogen-bond donors (Lipinski definition) is 2. The lowest BCUT2D eigenvalue weighted by Gasteiger charge is -2.12. The lowest BCUT2D eigenvalue weighted by atomic mass is 10.2. The molecule has 0 amide bonds. The van der Waals surface area contributed by atoms with E-state index in [1.54, 1.807) is 0 Å². The maximum absolute atomic E-state index is 11.1. The zero-order chi connectivity index (χ0) is 10.6. The van der Waals surface area contributed by atoms with Crippen LogP contribution in [-0.2, 0) is 9.84 Å². The first-order chi connectivity index (χ1) is 6.53. The maximum Gasteiger partial charge on any atom is 0.151 e. The minimum Gasteiger partial charge on any atom is -0.391 e. The molecule has 0 bridgehead atoms. The monoisotopic (exact) mass is 218 g/mol. The SMILES string of the molecule is N#CCC(O)CNC1CCS(=O)(=O)C1. The number of aliphatic hydroxyl groups is 1.